The molecule has 0 unspecified atom stereocenters. The molecule has 2 rings (SSSR count). The molecule has 2 aromatic rings. The maximum Gasteiger partial charge on any atom is 0.221 e. The molecule has 0 atom stereocenters. The highest BCUT2D eigenvalue weighted by Crippen LogP contribution is 2.21. The minimum atomic E-state index is 0.0446. The number of hydrogen-bond donors (Lipinski definition) is 1. The van der Waals surface area contributed by atoms with Crippen molar-refractivity contribution >= 4 is 40.1 Å². The highest BCUT2D eigenvalue weighted by Gasteiger charge is 2.11. The Morgan fingerprint density at radius 2 is 2.25 bits per heavy atom. The molecule has 20 heavy (non-hydrogen) atoms. The lowest BCUT2D eigenvalue weighted by molar-refractivity contribution is -0.121. The van der Waals surface area contributed by atoms with E-state index in [1.165, 1.54) is 0 Å². The van der Waals surface area contributed by atoms with Crippen LogP contribution in [0.4, 0.5) is 0 Å². The highest BCUT2D eigenvalue weighted by atomic mass is 35.5. The number of carbonyl (C=O) groups is 1. The average Bonchev–Trinajstić information content (AvgIpc) is 2.79. The van der Waals surface area contributed by atoms with Crippen LogP contribution >= 0.6 is 23.2 Å². The third kappa shape index (κ3) is 3.44. The lowest BCUT2D eigenvalue weighted by atomic mass is 10.3. The maximum absolute atomic E-state index is 11.7. The number of hydrogen-bond acceptors (Lipinski definition) is 2. The van der Waals surface area contributed by atoms with Crippen molar-refractivity contribution in [2.24, 2.45) is 0 Å². The van der Waals surface area contributed by atoms with Crippen LogP contribution in [-0.2, 0) is 17.2 Å². The summed E-state index contributed by atoms with van der Waals surface area (Å²) >= 11 is 11.9. The van der Waals surface area contributed by atoms with Gasteiger partial charge in [0.05, 0.1) is 16.9 Å². The molecular formula is C14H17Cl2N3O. The van der Waals surface area contributed by atoms with Crippen LogP contribution in [-0.4, -0.2) is 22.0 Å². The van der Waals surface area contributed by atoms with Gasteiger partial charge in [-0.15, -0.1) is 11.6 Å². The number of alkyl halides is 1. The van der Waals surface area contributed by atoms with Gasteiger partial charge in [-0.05, 0) is 24.6 Å². The van der Waals surface area contributed by atoms with E-state index in [0.29, 0.717) is 30.4 Å². The smallest absolute Gasteiger partial charge is 0.221 e. The molecule has 0 radical (unpaired) electrons. The standard InChI is InChI=1S/C14H17Cl2N3O/c1-2-6-17-14(20)5-7-19-12-4-3-10(16)8-11(12)18-13(19)9-15/h3-4,8H,2,5-7,9H2,1H3,(H,17,20). The van der Waals surface area contributed by atoms with E-state index in [-0.39, 0.29) is 5.91 Å². The molecule has 1 amide bonds. The van der Waals surface area contributed by atoms with E-state index >= 15 is 0 Å². The fraction of sp³-hybridized carbons (Fsp3) is 0.429. The minimum Gasteiger partial charge on any atom is -0.356 e. The van der Waals surface area contributed by atoms with Crippen LogP contribution in [0, 0.1) is 0 Å². The van der Waals surface area contributed by atoms with E-state index in [1.54, 1.807) is 6.07 Å². The second kappa shape index (κ2) is 6.95. The summed E-state index contributed by atoms with van der Waals surface area (Å²) in [4.78, 5) is 16.1. The minimum absolute atomic E-state index is 0.0446. The van der Waals surface area contributed by atoms with E-state index < -0.39 is 0 Å². The topological polar surface area (TPSA) is 46.9 Å². The highest BCUT2D eigenvalue weighted by molar-refractivity contribution is 6.31. The van der Waals surface area contributed by atoms with Crippen molar-refractivity contribution in [3.05, 3.63) is 29.0 Å². The molecule has 0 spiro atoms. The molecule has 0 fully saturated rings. The second-order valence-electron chi connectivity index (χ2n) is 4.55. The monoisotopic (exact) mass is 313 g/mol. The Bertz CT molecular complexity index is 610. The Kier molecular flexibility index (Phi) is 5.26. The van der Waals surface area contributed by atoms with Crippen molar-refractivity contribution in [3.63, 3.8) is 0 Å². The number of nitrogens with one attached hydrogen (secondary N) is 1. The van der Waals surface area contributed by atoms with Gasteiger partial charge in [-0.25, -0.2) is 4.98 Å². The summed E-state index contributed by atoms with van der Waals surface area (Å²) in [5, 5.41) is 3.51. The fourth-order valence-electron chi connectivity index (χ4n) is 2.07. The number of fused-ring (bicyclic) bond motifs is 1. The number of benzene rings is 1. The Morgan fingerprint density at radius 1 is 1.45 bits per heavy atom. The van der Waals surface area contributed by atoms with Crippen molar-refractivity contribution in [2.75, 3.05) is 6.54 Å². The summed E-state index contributed by atoms with van der Waals surface area (Å²) in [6.45, 7) is 3.30. The van der Waals surface area contributed by atoms with Gasteiger partial charge in [0, 0.05) is 24.5 Å². The molecule has 0 aliphatic carbocycles. The molecule has 6 heteroatoms. The molecule has 1 heterocycles. The zero-order valence-electron chi connectivity index (χ0n) is 11.3. The number of aromatic nitrogens is 2. The van der Waals surface area contributed by atoms with Gasteiger partial charge < -0.3 is 9.88 Å². The molecule has 0 bridgehead atoms. The van der Waals surface area contributed by atoms with Crippen LogP contribution < -0.4 is 5.32 Å². The third-order valence-corrected chi connectivity index (χ3v) is 3.52. The van der Waals surface area contributed by atoms with Crippen LogP contribution in [0.3, 0.4) is 0 Å². The van der Waals surface area contributed by atoms with Crippen LogP contribution in [0.1, 0.15) is 25.6 Å². The zero-order valence-corrected chi connectivity index (χ0v) is 12.8. The Labute approximate surface area is 128 Å². The van der Waals surface area contributed by atoms with Gasteiger partial charge in [-0.2, -0.15) is 0 Å². The molecule has 108 valence electrons. The van der Waals surface area contributed by atoms with Crippen LogP contribution in [0.5, 0.6) is 0 Å². The van der Waals surface area contributed by atoms with E-state index in [4.69, 9.17) is 23.2 Å². The predicted molar refractivity (Wildman–Crippen MR) is 82.2 cm³/mol. The molecule has 1 aromatic carbocycles. The third-order valence-electron chi connectivity index (χ3n) is 3.04. The SMILES string of the molecule is CCCNC(=O)CCn1c(CCl)nc2cc(Cl)ccc21. The maximum atomic E-state index is 11.7. The van der Waals surface area contributed by atoms with Gasteiger partial charge >= 0.3 is 0 Å². The van der Waals surface area contributed by atoms with E-state index in [9.17, 15) is 4.79 Å². The molecule has 0 aliphatic heterocycles. The number of rotatable bonds is 6. The van der Waals surface area contributed by atoms with Gasteiger partial charge in [-0.1, -0.05) is 18.5 Å². The first-order valence-corrected chi connectivity index (χ1v) is 7.54. The number of halogens is 2. The predicted octanol–water partition coefficient (Wildman–Crippen LogP) is 3.34. The average molecular weight is 314 g/mol. The summed E-state index contributed by atoms with van der Waals surface area (Å²) in [5.41, 5.74) is 1.76. The van der Waals surface area contributed by atoms with Gasteiger partial charge in [0.25, 0.3) is 0 Å². The summed E-state index contributed by atoms with van der Waals surface area (Å²) < 4.78 is 1.98. The second-order valence-corrected chi connectivity index (χ2v) is 5.25. The molecular weight excluding hydrogens is 297 g/mol. The fourth-order valence-corrected chi connectivity index (χ4v) is 2.44. The van der Waals surface area contributed by atoms with Gasteiger partial charge in [-0.3, -0.25) is 4.79 Å². The largest absolute Gasteiger partial charge is 0.356 e. The molecule has 0 aliphatic rings. The lowest BCUT2D eigenvalue weighted by Crippen LogP contribution is -2.25. The van der Waals surface area contributed by atoms with Crippen molar-refractivity contribution in [1.82, 2.24) is 14.9 Å². The number of carbonyl (C=O) groups excluding carboxylic acids is 1. The Balaban J connectivity index is 2.18. The van der Waals surface area contributed by atoms with Gasteiger partial charge in [0.2, 0.25) is 5.91 Å². The quantitative estimate of drug-likeness (QED) is 0.831. The first-order valence-electron chi connectivity index (χ1n) is 6.63. The van der Waals surface area contributed by atoms with Crippen LogP contribution in [0.2, 0.25) is 5.02 Å². The molecule has 1 N–H and O–H groups in total. The van der Waals surface area contributed by atoms with Crippen LogP contribution in [0.15, 0.2) is 18.2 Å². The lowest BCUT2D eigenvalue weighted by Gasteiger charge is -2.08. The van der Waals surface area contributed by atoms with Crippen LogP contribution in [0.25, 0.3) is 11.0 Å². The van der Waals surface area contributed by atoms with Crippen molar-refractivity contribution < 1.29 is 4.79 Å². The molecule has 1 aromatic heterocycles. The van der Waals surface area contributed by atoms with E-state index in [2.05, 4.69) is 10.3 Å². The van der Waals surface area contributed by atoms with Gasteiger partial charge in [0.15, 0.2) is 0 Å². The molecule has 0 saturated heterocycles. The summed E-state index contributed by atoms with van der Waals surface area (Å²) in [6, 6.07) is 5.53. The Hall–Kier alpha value is -1.26. The number of aryl methyl sites for hydroxylation is 1. The molecule has 4 nitrogen and oxygen atoms in total. The van der Waals surface area contributed by atoms with Crippen molar-refractivity contribution in [3.8, 4) is 0 Å². The number of amides is 1. The summed E-state index contributed by atoms with van der Waals surface area (Å²) in [7, 11) is 0. The zero-order chi connectivity index (χ0) is 14.5. The van der Waals surface area contributed by atoms with Gasteiger partial charge in [0.1, 0.15) is 5.82 Å². The van der Waals surface area contributed by atoms with E-state index in [1.807, 2.05) is 23.6 Å². The molecule has 0 saturated carbocycles. The van der Waals surface area contributed by atoms with Crippen molar-refractivity contribution in [1.29, 1.82) is 0 Å². The summed E-state index contributed by atoms with van der Waals surface area (Å²) in [6.07, 6.45) is 1.35. The number of nitrogens with zero attached hydrogens (tertiary/aromatic N) is 2. The summed E-state index contributed by atoms with van der Waals surface area (Å²) in [5.74, 6) is 1.11. The number of imidazole rings is 1. The first kappa shape index (κ1) is 15.1. The Morgan fingerprint density at radius 3 is 2.95 bits per heavy atom. The van der Waals surface area contributed by atoms with E-state index in [0.717, 1.165) is 23.3 Å². The first-order chi connectivity index (χ1) is 9.65. The normalized spacial score (nSPS) is 10.9. The van der Waals surface area contributed by atoms with Crippen molar-refractivity contribution in [2.45, 2.75) is 32.2 Å².